The zero-order valence-electron chi connectivity index (χ0n) is 20.6. The lowest BCUT2D eigenvalue weighted by molar-refractivity contribution is -0.135. The number of carbonyl (C=O) groups excluding carboxylic acids is 4. The smallest absolute Gasteiger partial charge is 0.341 e. The molecule has 35 heavy (non-hydrogen) atoms. The predicted octanol–water partition coefficient (Wildman–Crippen LogP) is 4.28. The number of methoxy groups -OCH3 is 1. The van der Waals surface area contributed by atoms with E-state index in [2.05, 4.69) is 0 Å². The fourth-order valence-electron chi connectivity index (χ4n) is 5.61. The molecule has 1 unspecified atom stereocenters. The Hall–Kier alpha value is -3.26. The number of Topliss-reactive ketones (excluding diaryl/α,β-unsaturated/α-hetero) is 1. The van der Waals surface area contributed by atoms with E-state index in [4.69, 9.17) is 4.74 Å². The number of carbonyl (C=O) groups is 4. The van der Waals surface area contributed by atoms with Gasteiger partial charge in [-0.05, 0) is 36.6 Å². The van der Waals surface area contributed by atoms with Crippen molar-refractivity contribution in [2.45, 2.75) is 46.7 Å². The average molecular weight is 493 g/mol. The molecule has 2 saturated heterocycles. The highest BCUT2D eigenvalue weighted by Crippen LogP contribution is 2.55. The molecule has 4 heterocycles. The van der Waals surface area contributed by atoms with Crippen molar-refractivity contribution in [2.24, 2.45) is 17.3 Å². The monoisotopic (exact) mass is 492 g/mol. The SMILES string of the molecule is COC(=O)c1c(N2C(=O)[C@@H]3[C@H](C2=O)C2c4ccccc4C=CN2[C@@H]3C(=O)C(C)(C)C)sc(C)c1C. The first-order valence-corrected chi connectivity index (χ1v) is 12.5. The molecule has 0 N–H and O–H groups in total. The van der Waals surface area contributed by atoms with Crippen LogP contribution >= 0.6 is 11.3 Å². The average Bonchev–Trinajstić information content (AvgIpc) is 3.40. The summed E-state index contributed by atoms with van der Waals surface area (Å²) in [7, 11) is 1.28. The van der Waals surface area contributed by atoms with Gasteiger partial charge < -0.3 is 9.64 Å². The molecule has 0 radical (unpaired) electrons. The molecule has 8 heteroatoms. The second-order valence-electron chi connectivity index (χ2n) is 10.4. The molecule has 3 aliphatic heterocycles. The Labute approximate surface area is 208 Å². The molecule has 7 nitrogen and oxygen atoms in total. The van der Waals surface area contributed by atoms with Crippen molar-refractivity contribution in [1.29, 1.82) is 0 Å². The van der Waals surface area contributed by atoms with E-state index in [1.54, 1.807) is 6.92 Å². The number of aryl methyl sites for hydroxylation is 1. The quantitative estimate of drug-likeness (QED) is 0.470. The maximum Gasteiger partial charge on any atom is 0.341 e. The van der Waals surface area contributed by atoms with Crippen molar-refractivity contribution >= 4 is 46.0 Å². The van der Waals surface area contributed by atoms with Crippen LogP contribution in [0.4, 0.5) is 5.00 Å². The molecule has 2 fully saturated rings. The third-order valence-corrected chi connectivity index (χ3v) is 8.62. The van der Waals surface area contributed by atoms with Crippen molar-refractivity contribution in [3.05, 3.63) is 57.6 Å². The zero-order valence-corrected chi connectivity index (χ0v) is 21.4. The van der Waals surface area contributed by atoms with Gasteiger partial charge in [0.2, 0.25) is 11.8 Å². The Bertz CT molecular complexity index is 1320. The number of ether oxygens (including phenoxy) is 1. The Morgan fingerprint density at radius 3 is 2.34 bits per heavy atom. The van der Waals surface area contributed by atoms with Crippen LogP contribution in [0.1, 0.15) is 58.7 Å². The Morgan fingerprint density at radius 2 is 1.69 bits per heavy atom. The molecule has 1 aromatic heterocycles. The highest BCUT2D eigenvalue weighted by atomic mass is 32.1. The number of thiophene rings is 1. The molecule has 0 bridgehead atoms. The second-order valence-corrected chi connectivity index (χ2v) is 11.6. The van der Waals surface area contributed by atoms with Gasteiger partial charge in [0.05, 0.1) is 30.6 Å². The Balaban J connectivity index is 1.69. The number of hydrogen-bond donors (Lipinski definition) is 0. The minimum Gasteiger partial charge on any atom is -0.465 e. The molecule has 0 spiro atoms. The van der Waals surface area contributed by atoms with E-state index in [0.717, 1.165) is 20.9 Å². The molecular formula is C27H28N2O5S. The van der Waals surface area contributed by atoms with Crippen LogP contribution in [-0.2, 0) is 19.1 Å². The summed E-state index contributed by atoms with van der Waals surface area (Å²) in [6, 6.07) is 6.54. The number of hydrogen-bond acceptors (Lipinski definition) is 7. The second kappa shape index (κ2) is 7.88. The molecule has 5 rings (SSSR count). The lowest BCUT2D eigenvalue weighted by atomic mass is 9.79. The summed E-state index contributed by atoms with van der Waals surface area (Å²) in [6.45, 7) is 9.12. The molecule has 3 aliphatic rings. The summed E-state index contributed by atoms with van der Waals surface area (Å²) in [5.74, 6) is -3.07. The third kappa shape index (κ3) is 3.22. The molecule has 0 aliphatic carbocycles. The fourth-order valence-corrected chi connectivity index (χ4v) is 6.76. The summed E-state index contributed by atoms with van der Waals surface area (Å²) < 4.78 is 4.98. The van der Waals surface area contributed by atoms with Crippen LogP contribution in [0, 0.1) is 31.1 Å². The van der Waals surface area contributed by atoms with Gasteiger partial charge in [0, 0.05) is 16.5 Å². The molecular weight excluding hydrogens is 464 g/mol. The highest BCUT2D eigenvalue weighted by Gasteiger charge is 2.65. The fraction of sp³-hybridized carbons (Fsp3) is 0.407. The molecule has 182 valence electrons. The van der Waals surface area contributed by atoms with Crippen molar-refractivity contribution < 1.29 is 23.9 Å². The van der Waals surface area contributed by atoms with E-state index in [0.29, 0.717) is 5.56 Å². The first-order chi connectivity index (χ1) is 16.5. The van der Waals surface area contributed by atoms with Gasteiger partial charge in [-0.2, -0.15) is 0 Å². The van der Waals surface area contributed by atoms with E-state index in [9.17, 15) is 19.2 Å². The van der Waals surface area contributed by atoms with Crippen LogP contribution in [0.5, 0.6) is 0 Å². The van der Waals surface area contributed by atoms with Gasteiger partial charge in [0.15, 0.2) is 5.78 Å². The number of amides is 2. The van der Waals surface area contributed by atoms with Gasteiger partial charge in [-0.3, -0.25) is 14.4 Å². The van der Waals surface area contributed by atoms with Gasteiger partial charge in [0.1, 0.15) is 11.0 Å². The van der Waals surface area contributed by atoms with E-state index >= 15 is 0 Å². The van der Waals surface area contributed by atoms with Crippen LogP contribution in [0.15, 0.2) is 30.5 Å². The number of rotatable bonds is 3. The minimum atomic E-state index is -0.844. The molecule has 2 amide bonds. The van der Waals surface area contributed by atoms with Crippen molar-refractivity contribution in [3.8, 4) is 0 Å². The number of fused-ring (bicyclic) bond motifs is 5. The summed E-state index contributed by atoms with van der Waals surface area (Å²) in [5.41, 5.74) is 2.09. The number of esters is 1. The lowest BCUT2D eigenvalue weighted by Crippen LogP contribution is -2.47. The Morgan fingerprint density at radius 1 is 1.03 bits per heavy atom. The first-order valence-electron chi connectivity index (χ1n) is 11.6. The van der Waals surface area contributed by atoms with Crippen LogP contribution < -0.4 is 4.90 Å². The van der Waals surface area contributed by atoms with Gasteiger partial charge >= 0.3 is 5.97 Å². The maximum absolute atomic E-state index is 14.1. The summed E-state index contributed by atoms with van der Waals surface area (Å²) in [5, 5.41) is 0.282. The van der Waals surface area contributed by atoms with Crippen molar-refractivity contribution in [2.75, 3.05) is 12.0 Å². The van der Waals surface area contributed by atoms with Crippen LogP contribution in [-0.4, -0.2) is 41.6 Å². The normalized spacial score (nSPS) is 25.0. The van der Waals surface area contributed by atoms with Gasteiger partial charge in [-0.25, -0.2) is 9.69 Å². The van der Waals surface area contributed by atoms with E-state index < -0.39 is 41.2 Å². The zero-order chi connectivity index (χ0) is 25.4. The maximum atomic E-state index is 14.1. The van der Waals surface area contributed by atoms with Crippen molar-refractivity contribution in [3.63, 3.8) is 0 Å². The van der Waals surface area contributed by atoms with Gasteiger partial charge in [-0.15, -0.1) is 11.3 Å². The van der Waals surface area contributed by atoms with E-state index in [1.807, 2.05) is 69.1 Å². The van der Waals surface area contributed by atoms with Crippen LogP contribution in [0.25, 0.3) is 6.08 Å². The van der Waals surface area contributed by atoms with Gasteiger partial charge in [-0.1, -0.05) is 45.0 Å². The molecule has 2 aromatic rings. The summed E-state index contributed by atoms with van der Waals surface area (Å²) in [6.07, 6.45) is 3.79. The minimum absolute atomic E-state index is 0.0891. The molecule has 4 atom stereocenters. The molecule has 1 aromatic carbocycles. The topological polar surface area (TPSA) is 84.0 Å². The molecule has 0 saturated carbocycles. The summed E-state index contributed by atoms with van der Waals surface area (Å²) in [4.78, 5) is 58.3. The number of anilines is 1. The number of benzene rings is 1. The predicted molar refractivity (Wildman–Crippen MR) is 133 cm³/mol. The van der Waals surface area contributed by atoms with Gasteiger partial charge in [0.25, 0.3) is 0 Å². The van der Waals surface area contributed by atoms with Crippen LogP contribution in [0.3, 0.4) is 0 Å². The van der Waals surface area contributed by atoms with Crippen LogP contribution in [0.2, 0.25) is 0 Å². The highest BCUT2D eigenvalue weighted by molar-refractivity contribution is 7.17. The summed E-state index contributed by atoms with van der Waals surface area (Å²) >= 11 is 1.23. The number of nitrogens with zero attached hydrogens (tertiary/aromatic N) is 2. The van der Waals surface area contributed by atoms with E-state index in [1.165, 1.54) is 18.4 Å². The standard InChI is InChI=1S/C27H28N2O5S/c1-13-14(2)35-25(17(13)26(33)34-6)29-23(31)18-19(24(29)32)21(22(30)27(3,4)5)28-12-11-15-9-7-8-10-16(15)20(18)28/h7-12,18-21H,1-6H3/t18-,19+,20?,21-/m0/s1. The third-order valence-electron chi connectivity index (χ3n) is 7.43. The van der Waals surface area contributed by atoms with Crippen molar-refractivity contribution in [1.82, 2.24) is 4.90 Å². The first kappa shape index (κ1) is 23.5. The number of ketones is 1. The largest absolute Gasteiger partial charge is 0.465 e. The Kier molecular flexibility index (Phi) is 5.29. The number of imide groups is 1. The lowest BCUT2D eigenvalue weighted by Gasteiger charge is -2.37. The van der Waals surface area contributed by atoms with E-state index in [-0.39, 0.29) is 22.3 Å².